The van der Waals surface area contributed by atoms with Crippen LogP contribution in [0, 0.1) is 0 Å². The smallest absolute Gasteiger partial charge is 0.410 e. The van der Waals surface area contributed by atoms with Gasteiger partial charge in [0.25, 0.3) is 0 Å². The molecule has 3 rings (SSSR count). The second-order valence-electron chi connectivity index (χ2n) is 8.24. The number of pyridine rings is 1. The highest BCUT2D eigenvalue weighted by molar-refractivity contribution is 6.34. The molecule has 0 bridgehead atoms. The third-order valence-electron chi connectivity index (χ3n) is 4.74. The maximum Gasteiger partial charge on any atom is 0.410 e. The zero-order chi connectivity index (χ0) is 23.5. The average molecular weight is 463 g/mol. The van der Waals surface area contributed by atoms with Gasteiger partial charge in [-0.2, -0.15) is 0 Å². The molecule has 1 aliphatic rings. The van der Waals surface area contributed by atoms with Crippen molar-refractivity contribution >= 4 is 35.2 Å². The van der Waals surface area contributed by atoms with Crippen LogP contribution in [0.4, 0.5) is 16.3 Å². The zero-order valence-corrected chi connectivity index (χ0v) is 19.3. The van der Waals surface area contributed by atoms with E-state index >= 15 is 0 Å². The first-order valence-corrected chi connectivity index (χ1v) is 10.5. The molecule has 0 saturated carbocycles. The third-order valence-corrected chi connectivity index (χ3v) is 5.05. The van der Waals surface area contributed by atoms with E-state index < -0.39 is 11.6 Å². The molecule has 1 aromatic carbocycles. The number of esters is 1. The molecule has 2 heterocycles. The van der Waals surface area contributed by atoms with Crippen LogP contribution in [0.2, 0.25) is 5.02 Å². The lowest BCUT2D eigenvalue weighted by atomic mass is 10.2. The number of piperazine rings is 1. The van der Waals surface area contributed by atoms with Gasteiger partial charge in [-0.3, -0.25) is 0 Å². The molecule has 2 N–H and O–H groups in total. The summed E-state index contributed by atoms with van der Waals surface area (Å²) >= 11 is 6.16. The average Bonchev–Trinajstić information content (AvgIpc) is 2.73. The van der Waals surface area contributed by atoms with Gasteiger partial charge in [-0.15, -0.1) is 0 Å². The molecular weight excluding hydrogens is 436 g/mol. The minimum absolute atomic E-state index is 0.126. The fourth-order valence-corrected chi connectivity index (χ4v) is 3.47. The highest BCUT2D eigenvalue weighted by Crippen LogP contribution is 2.34. The van der Waals surface area contributed by atoms with Crippen LogP contribution in [0.1, 0.15) is 31.1 Å². The molecule has 32 heavy (non-hydrogen) atoms. The van der Waals surface area contributed by atoms with Crippen LogP contribution in [0.3, 0.4) is 0 Å². The molecular formula is C22H27ClN4O5. The van der Waals surface area contributed by atoms with E-state index in [9.17, 15) is 9.59 Å². The quantitative estimate of drug-likeness (QED) is 0.680. The number of amides is 1. The fraction of sp³-hybridized carbons (Fsp3) is 0.409. The molecule has 10 heteroatoms. The van der Waals surface area contributed by atoms with Gasteiger partial charge < -0.3 is 29.7 Å². The molecule has 1 amide bonds. The van der Waals surface area contributed by atoms with Crippen molar-refractivity contribution in [1.82, 2.24) is 9.88 Å². The molecule has 1 aromatic heterocycles. The van der Waals surface area contributed by atoms with Crippen molar-refractivity contribution in [2.75, 3.05) is 43.9 Å². The Morgan fingerprint density at radius 2 is 1.84 bits per heavy atom. The van der Waals surface area contributed by atoms with Gasteiger partial charge in [0, 0.05) is 32.2 Å². The van der Waals surface area contributed by atoms with Gasteiger partial charge in [0.05, 0.1) is 24.0 Å². The van der Waals surface area contributed by atoms with Crippen molar-refractivity contribution in [2.24, 2.45) is 0 Å². The number of carbonyl (C=O) groups is 2. The highest BCUT2D eigenvalue weighted by Gasteiger charge is 2.27. The summed E-state index contributed by atoms with van der Waals surface area (Å²) in [7, 11) is 1.27. The lowest BCUT2D eigenvalue weighted by Gasteiger charge is -2.37. The lowest BCUT2D eigenvalue weighted by molar-refractivity contribution is 0.0240. The van der Waals surface area contributed by atoms with E-state index in [1.807, 2.05) is 25.7 Å². The van der Waals surface area contributed by atoms with Gasteiger partial charge in [-0.05, 0) is 32.9 Å². The second-order valence-corrected chi connectivity index (χ2v) is 8.64. The first-order valence-electron chi connectivity index (χ1n) is 10.1. The van der Waals surface area contributed by atoms with E-state index in [-0.39, 0.29) is 22.4 Å². The second kappa shape index (κ2) is 9.52. The fourth-order valence-electron chi connectivity index (χ4n) is 3.23. The Morgan fingerprint density at radius 1 is 1.16 bits per heavy atom. The monoisotopic (exact) mass is 462 g/mol. The van der Waals surface area contributed by atoms with E-state index in [0.29, 0.717) is 43.4 Å². The highest BCUT2D eigenvalue weighted by atomic mass is 35.5. The number of hydrogen-bond acceptors (Lipinski definition) is 8. The molecule has 0 radical (unpaired) electrons. The van der Waals surface area contributed by atoms with Crippen LogP contribution in [0.25, 0.3) is 0 Å². The van der Waals surface area contributed by atoms with E-state index in [2.05, 4.69) is 4.98 Å². The maximum atomic E-state index is 12.3. The standard InChI is InChI=1S/C22H27ClN4O5/c1-22(2,3)32-21(29)27-10-8-26(9-11-27)16-12-14(13-25-19(16)24)31-17-7-5-6-15(23)18(17)20(28)30-4/h5-7,12-13H,8-11H2,1-4H3,(H2,24,25). The first-order chi connectivity index (χ1) is 15.1. The molecule has 2 aromatic rings. The number of carbonyl (C=O) groups excluding carboxylic acids is 2. The topological polar surface area (TPSA) is 107 Å². The summed E-state index contributed by atoms with van der Waals surface area (Å²) < 4.78 is 16.1. The Kier molecular flexibility index (Phi) is 6.98. The van der Waals surface area contributed by atoms with E-state index in [4.69, 9.17) is 31.5 Å². The van der Waals surface area contributed by atoms with Crippen LogP contribution < -0.4 is 15.4 Å². The number of ether oxygens (including phenoxy) is 3. The van der Waals surface area contributed by atoms with Gasteiger partial charge in [-0.25, -0.2) is 14.6 Å². The summed E-state index contributed by atoms with van der Waals surface area (Å²) in [5.41, 5.74) is 6.36. The largest absolute Gasteiger partial charge is 0.465 e. The molecule has 1 aliphatic heterocycles. The molecule has 0 atom stereocenters. The van der Waals surface area contributed by atoms with Gasteiger partial charge in [0.15, 0.2) is 0 Å². The predicted molar refractivity (Wildman–Crippen MR) is 122 cm³/mol. The lowest BCUT2D eigenvalue weighted by Crippen LogP contribution is -2.50. The van der Waals surface area contributed by atoms with Gasteiger partial charge in [0.1, 0.15) is 28.5 Å². The number of anilines is 2. The molecule has 172 valence electrons. The number of methoxy groups -OCH3 is 1. The Hall–Kier alpha value is -3.20. The number of nitrogens with zero attached hydrogens (tertiary/aromatic N) is 3. The van der Waals surface area contributed by atoms with Crippen molar-refractivity contribution in [3.8, 4) is 11.5 Å². The number of benzene rings is 1. The molecule has 0 spiro atoms. The molecule has 0 unspecified atom stereocenters. The van der Waals surface area contributed by atoms with E-state index in [1.54, 1.807) is 29.2 Å². The van der Waals surface area contributed by atoms with Crippen molar-refractivity contribution in [3.05, 3.63) is 41.0 Å². The first kappa shape index (κ1) is 23.5. The van der Waals surface area contributed by atoms with E-state index in [0.717, 1.165) is 0 Å². The van der Waals surface area contributed by atoms with Crippen molar-refractivity contribution in [3.63, 3.8) is 0 Å². The van der Waals surface area contributed by atoms with Crippen molar-refractivity contribution < 1.29 is 23.8 Å². The van der Waals surface area contributed by atoms with Gasteiger partial charge >= 0.3 is 12.1 Å². The van der Waals surface area contributed by atoms with Crippen LogP contribution in [0.5, 0.6) is 11.5 Å². The van der Waals surface area contributed by atoms with Crippen molar-refractivity contribution in [1.29, 1.82) is 0 Å². The number of hydrogen-bond donors (Lipinski definition) is 1. The number of nitrogen functional groups attached to an aromatic ring is 1. The van der Waals surface area contributed by atoms with Crippen molar-refractivity contribution in [2.45, 2.75) is 26.4 Å². The normalized spacial score (nSPS) is 14.2. The van der Waals surface area contributed by atoms with Crippen LogP contribution >= 0.6 is 11.6 Å². The third kappa shape index (κ3) is 5.53. The molecule has 9 nitrogen and oxygen atoms in total. The summed E-state index contributed by atoms with van der Waals surface area (Å²) in [5.74, 6) is 0.364. The summed E-state index contributed by atoms with van der Waals surface area (Å²) in [6.45, 7) is 7.60. The number of aromatic nitrogens is 1. The summed E-state index contributed by atoms with van der Waals surface area (Å²) in [5, 5.41) is 0.219. The van der Waals surface area contributed by atoms with Gasteiger partial charge in [0.2, 0.25) is 0 Å². The van der Waals surface area contributed by atoms with Gasteiger partial charge in [-0.1, -0.05) is 17.7 Å². The Labute approximate surface area is 192 Å². The van der Waals surface area contributed by atoms with E-state index in [1.165, 1.54) is 13.3 Å². The van der Waals surface area contributed by atoms with Crippen LogP contribution in [-0.2, 0) is 9.47 Å². The minimum atomic E-state index is -0.604. The Balaban J connectivity index is 1.75. The van der Waals surface area contributed by atoms with Crippen LogP contribution in [0.15, 0.2) is 30.5 Å². The number of nitrogens with two attached hydrogens (primary N) is 1. The number of rotatable bonds is 4. The predicted octanol–water partition coefficient (Wildman–Crippen LogP) is 3.95. The SMILES string of the molecule is COC(=O)c1c(Cl)cccc1Oc1cnc(N)c(N2CCN(C(=O)OC(C)(C)C)CC2)c1. The summed E-state index contributed by atoms with van der Waals surface area (Å²) in [4.78, 5) is 32.3. The molecule has 0 aliphatic carbocycles. The number of halogens is 1. The molecule has 1 fully saturated rings. The Bertz CT molecular complexity index is 1000. The minimum Gasteiger partial charge on any atom is -0.465 e. The van der Waals surface area contributed by atoms with Crippen LogP contribution in [-0.4, -0.2) is 60.8 Å². The molecule has 1 saturated heterocycles. The Morgan fingerprint density at radius 3 is 2.47 bits per heavy atom. The summed E-state index contributed by atoms with van der Waals surface area (Å²) in [6, 6.07) is 6.62. The maximum absolute atomic E-state index is 12.3. The zero-order valence-electron chi connectivity index (χ0n) is 18.6. The summed E-state index contributed by atoms with van der Waals surface area (Å²) in [6.07, 6.45) is 1.13.